The summed E-state index contributed by atoms with van der Waals surface area (Å²) < 4.78 is 37.9. The van der Waals surface area contributed by atoms with E-state index in [2.05, 4.69) is 5.32 Å². The van der Waals surface area contributed by atoms with Gasteiger partial charge in [-0.25, -0.2) is 0 Å². The molecule has 26 heavy (non-hydrogen) atoms. The second kappa shape index (κ2) is 7.29. The number of carbonyl (C=O) groups excluding carboxylic acids is 2. The van der Waals surface area contributed by atoms with Crippen LogP contribution in [-0.2, 0) is 11.0 Å². The second-order valence-corrected chi connectivity index (χ2v) is 6.07. The zero-order chi connectivity index (χ0) is 18.7. The van der Waals surface area contributed by atoms with Gasteiger partial charge in [0.2, 0.25) is 5.91 Å². The molecule has 2 aromatic rings. The summed E-state index contributed by atoms with van der Waals surface area (Å²) in [6.07, 6.45) is -4.44. The van der Waals surface area contributed by atoms with Crippen LogP contribution in [0, 0.1) is 0 Å². The van der Waals surface area contributed by atoms with E-state index in [0.717, 1.165) is 17.7 Å². The lowest BCUT2D eigenvalue weighted by molar-refractivity contribution is -0.137. The molecule has 0 radical (unpaired) electrons. The Bertz CT molecular complexity index is 789. The van der Waals surface area contributed by atoms with Gasteiger partial charge in [-0.2, -0.15) is 13.2 Å². The van der Waals surface area contributed by atoms with E-state index in [9.17, 15) is 22.8 Å². The molecular formula is C19H17F3N2O2. The summed E-state index contributed by atoms with van der Waals surface area (Å²) in [7, 11) is 0. The number of nitrogens with one attached hydrogen (secondary N) is 1. The number of nitrogens with zero attached hydrogens (tertiary/aromatic N) is 1. The fourth-order valence-corrected chi connectivity index (χ4v) is 3.00. The van der Waals surface area contributed by atoms with Crippen LogP contribution in [0.4, 0.5) is 13.2 Å². The summed E-state index contributed by atoms with van der Waals surface area (Å²) in [6.45, 7) is 0.860. The SMILES string of the molecule is O=C(CN1CCNC(=O)C1c1ccccc1)c1ccc(C(F)(F)F)cc1. The number of rotatable bonds is 4. The molecule has 7 heteroatoms. The Morgan fingerprint density at radius 1 is 1.08 bits per heavy atom. The van der Waals surface area contributed by atoms with Gasteiger partial charge in [0.05, 0.1) is 12.1 Å². The van der Waals surface area contributed by atoms with Gasteiger partial charge in [0.15, 0.2) is 5.78 Å². The number of ketones is 1. The highest BCUT2D eigenvalue weighted by Crippen LogP contribution is 2.29. The molecule has 0 saturated carbocycles. The van der Waals surface area contributed by atoms with Gasteiger partial charge >= 0.3 is 6.18 Å². The zero-order valence-corrected chi connectivity index (χ0v) is 13.8. The number of carbonyl (C=O) groups is 2. The first-order valence-electron chi connectivity index (χ1n) is 8.13. The Morgan fingerprint density at radius 2 is 1.73 bits per heavy atom. The molecule has 2 aromatic carbocycles. The third-order valence-electron chi connectivity index (χ3n) is 4.31. The number of piperazine rings is 1. The highest BCUT2D eigenvalue weighted by Gasteiger charge is 2.33. The molecule has 1 amide bonds. The number of hydrogen-bond acceptors (Lipinski definition) is 3. The normalized spacial score (nSPS) is 18.4. The second-order valence-electron chi connectivity index (χ2n) is 6.07. The van der Waals surface area contributed by atoms with Crippen molar-refractivity contribution in [1.82, 2.24) is 10.2 Å². The molecule has 1 saturated heterocycles. The van der Waals surface area contributed by atoms with Gasteiger partial charge in [-0.15, -0.1) is 0 Å². The van der Waals surface area contributed by atoms with Crippen molar-refractivity contribution in [2.75, 3.05) is 19.6 Å². The monoisotopic (exact) mass is 362 g/mol. The lowest BCUT2D eigenvalue weighted by atomic mass is 10.0. The van der Waals surface area contributed by atoms with Gasteiger partial charge in [-0.05, 0) is 17.7 Å². The minimum Gasteiger partial charge on any atom is -0.353 e. The smallest absolute Gasteiger partial charge is 0.353 e. The Hall–Kier alpha value is -2.67. The predicted octanol–water partition coefficient (Wildman–Crippen LogP) is 3.06. The van der Waals surface area contributed by atoms with Gasteiger partial charge in [-0.3, -0.25) is 14.5 Å². The number of benzene rings is 2. The maximum atomic E-state index is 12.6. The summed E-state index contributed by atoms with van der Waals surface area (Å²) in [5.41, 5.74) is 0.161. The minimum atomic E-state index is -4.44. The predicted molar refractivity (Wildman–Crippen MR) is 89.5 cm³/mol. The Labute approximate surface area is 148 Å². The first-order chi connectivity index (χ1) is 12.4. The Kier molecular flexibility index (Phi) is 5.08. The minimum absolute atomic E-state index is 0.0433. The lowest BCUT2D eigenvalue weighted by Crippen LogP contribution is -2.51. The van der Waals surface area contributed by atoms with Crippen LogP contribution in [0.1, 0.15) is 27.5 Å². The highest BCUT2D eigenvalue weighted by molar-refractivity contribution is 5.98. The van der Waals surface area contributed by atoms with Crippen LogP contribution in [0.3, 0.4) is 0 Å². The van der Waals surface area contributed by atoms with Gasteiger partial charge in [-0.1, -0.05) is 42.5 Å². The summed E-state index contributed by atoms with van der Waals surface area (Å²) in [5, 5.41) is 2.78. The van der Waals surface area contributed by atoms with Crippen molar-refractivity contribution in [3.63, 3.8) is 0 Å². The molecule has 0 aliphatic carbocycles. The van der Waals surface area contributed by atoms with Gasteiger partial charge in [0.25, 0.3) is 0 Å². The van der Waals surface area contributed by atoms with Crippen LogP contribution < -0.4 is 5.32 Å². The molecule has 1 unspecified atom stereocenters. The molecule has 1 N–H and O–H groups in total. The maximum Gasteiger partial charge on any atom is 0.416 e. The van der Waals surface area contributed by atoms with Crippen LogP contribution >= 0.6 is 0 Å². The number of Topliss-reactive ketones (excluding diaryl/α,β-unsaturated/α-hetero) is 1. The van der Waals surface area contributed by atoms with Crippen LogP contribution in [0.2, 0.25) is 0 Å². The summed E-state index contributed by atoms with van der Waals surface area (Å²) in [4.78, 5) is 26.5. The topological polar surface area (TPSA) is 49.4 Å². The van der Waals surface area contributed by atoms with Crippen molar-refractivity contribution in [3.05, 3.63) is 71.3 Å². The molecule has 0 aromatic heterocycles. The van der Waals surface area contributed by atoms with E-state index in [-0.39, 0.29) is 23.8 Å². The molecule has 0 spiro atoms. The first kappa shape index (κ1) is 18.1. The van der Waals surface area contributed by atoms with E-state index < -0.39 is 17.8 Å². The molecule has 1 atom stereocenters. The zero-order valence-electron chi connectivity index (χ0n) is 13.8. The average Bonchev–Trinajstić information content (AvgIpc) is 2.62. The molecule has 4 nitrogen and oxygen atoms in total. The lowest BCUT2D eigenvalue weighted by Gasteiger charge is -2.34. The Morgan fingerprint density at radius 3 is 2.35 bits per heavy atom. The standard InChI is InChI=1S/C19H17F3N2O2/c20-19(21,22)15-8-6-13(7-9-15)16(25)12-24-11-10-23-18(26)17(24)14-4-2-1-3-5-14/h1-9,17H,10-12H2,(H,23,26). The molecule has 136 valence electrons. The fourth-order valence-electron chi connectivity index (χ4n) is 3.00. The average molecular weight is 362 g/mol. The first-order valence-corrected chi connectivity index (χ1v) is 8.13. The largest absolute Gasteiger partial charge is 0.416 e. The highest BCUT2D eigenvalue weighted by atomic mass is 19.4. The van der Waals surface area contributed by atoms with Crippen LogP contribution in [0.15, 0.2) is 54.6 Å². The third-order valence-corrected chi connectivity index (χ3v) is 4.31. The molecule has 1 fully saturated rings. The number of hydrogen-bond donors (Lipinski definition) is 1. The van der Waals surface area contributed by atoms with Crippen LogP contribution in [0.25, 0.3) is 0 Å². The van der Waals surface area contributed by atoms with Crippen molar-refractivity contribution in [2.45, 2.75) is 12.2 Å². The molecule has 1 aliphatic heterocycles. The summed E-state index contributed by atoms with van der Waals surface area (Å²) in [6, 6.07) is 12.6. The van der Waals surface area contributed by atoms with Crippen LogP contribution in [0.5, 0.6) is 0 Å². The molecule has 1 aliphatic rings. The molecule has 1 heterocycles. The fraction of sp³-hybridized carbons (Fsp3) is 0.263. The van der Waals surface area contributed by atoms with Crippen molar-refractivity contribution in [3.8, 4) is 0 Å². The number of amides is 1. The number of halogens is 3. The van der Waals surface area contributed by atoms with Crippen LogP contribution in [-0.4, -0.2) is 36.2 Å². The van der Waals surface area contributed by atoms with Crippen molar-refractivity contribution in [1.29, 1.82) is 0 Å². The maximum absolute atomic E-state index is 12.6. The van der Waals surface area contributed by atoms with E-state index in [4.69, 9.17) is 0 Å². The van der Waals surface area contributed by atoms with E-state index in [1.807, 2.05) is 30.3 Å². The van der Waals surface area contributed by atoms with Gasteiger partial charge < -0.3 is 5.32 Å². The molecule has 3 rings (SSSR count). The van der Waals surface area contributed by atoms with Gasteiger partial charge in [0.1, 0.15) is 6.04 Å². The van der Waals surface area contributed by atoms with Crippen molar-refractivity contribution >= 4 is 11.7 Å². The van der Waals surface area contributed by atoms with Crippen molar-refractivity contribution < 1.29 is 22.8 Å². The molecule has 0 bridgehead atoms. The molecular weight excluding hydrogens is 345 g/mol. The summed E-state index contributed by atoms with van der Waals surface area (Å²) in [5.74, 6) is -0.517. The summed E-state index contributed by atoms with van der Waals surface area (Å²) >= 11 is 0. The van der Waals surface area contributed by atoms with E-state index >= 15 is 0 Å². The van der Waals surface area contributed by atoms with E-state index in [0.29, 0.717) is 13.1 Å². The quantitative estimate of drug-likeness (QED) is 0.851. The Balaban J connectivity index is 1.77. The third kappa shape index (κ3) is 3.94. The van der Waals surface area contributed by atoms with Crippen molar-refractivity contribution in [2.24, 2.45) is 0 Å². The number of alkyl halides is 3. The van der Waals surface area contributed by atoms with E-state index in [1.165, 1.54) is 12.1 Å². The van der Waals surface area contributed by atoms with E-state index in [1.54, 1.807) is 4.90 Å². The van der Waals surface area contributed by atoms with Gasteiger partial charge in [0, 0.05) is 18.7 Å².